The number of imidazole rings is 1. The first kappa shape index (κ1) is 29.4. The number of H-pyrrole nitrogens is 1. The summed E-state index contributed by atoms with van der Waals surface area (Å²) in [5, 5.41) is 16.5. The van der Waals surface area contributed by atoms with Crippen molar-refractivity contribution in [3.05, 3.63) is 18.2 Å². The third kappa shape index (κ3) is 10.9. The molecule has 0 spiro atoms. The fourth-order valence-corrected chi connectivity index (χ4v) is 3.34. The average Bonchev–Trinajstić information content (AvgIpc) is 3.27. The van der Waals surface area contributed by atoms with E-state index in [1.165, 1.54) is 24.3 Å². The molecule has 0 bridgehead atoms. The summed E-state index contributed by atoms with van der Waals surface area (Å²) < 4.78 is 0. The molecule has 4 unspecified atom stereocenters. The van der Waals surface area contributed by atoms with Crippen molar-refractivity contribution in [3.63, 3.8) is 0 Å². The van der Waals surface area contributed by atoms with Crippen LogP contribution in [0, 0.1) is 0 Å². The summed E-state index contributed by atoms with van der Waals surface area (Å²) in [5.41, 5.74) is 16.2. The lowest BCUT2D eigenvalue weighted by atomic mass is 10.1. The largest absolute Gasteiger partial charge is 0.480 e. The lowest BCUT2D eigenvalue weighted by molar-refractivity contribution is -0.142. The molecule has 1 heterocycles. The minimum absolute atomic E-state index is 0.0810. The zero-order valence-electron chi connectivity index (χ0n) is 19.0. The van der Waals surface area contributed by atoms with Crippen molar-refractivity contribution in [2.75, 3.05) is 12.0 Å². The van der Waals surface area contributed by atoms with Crippen molar-refractivity contribution >= 4 is 47.3 Å². The number of aromatic amines is 1. The van der Waals surface area contributed by atoms with E-state index in [1.807, 2.05) is 0 Å². The Bertz CT molecular complexity index is 911. The Morgan fingerprint density at radius 2 is 1.54 bits per heavy atom. The first-order valence-corrected chi connectivity index (χ1v) is 11.8. The summed E-state index contributed by atoms with van der Waals surface area (Å²) in [6, 6.07) is -5.37. The normalized spacial score (nSPS) is 14.1. The average molecular weight is 515 g/mol. The van der Waals surface area contributed by atoms with Gasteiger partial charge in [-0.2, -0.15) is 11.8 Å². The van der Waals surface area contributed by atoms with Crippen LogP contribution in [0.15, 0.2) is 12.5 Å². The number of carbonyl (C=O) groups excluding carboxylic acids is 5. The molecule has 0 saturated heterocycles. The van der Waals surface area contributed by atoms with E-state index in [0.29, 0.717) is 11.4 Å². The number of carboxylic acids is 1. The van der Waals surface area contributed by atoms with Crippen molar-refractivity contribution in [1.82, 2.24) is 25.9 Å². The molecule has 35 heavy (non-hydrogen) atoms. The summed E-state index contributed by atoms with van der Waals surface area (Å²) in [5.74, 6) is -5.29. The number of amides is 5. The van der Waals surface area contributed by atoms with E-state index in [2.05, 4.69) is 25.9 Å². The number of thioether (sulfide) groups is 1. The quantitative estimate of drug-likeness (QED) is 0.107. The number of rotatable bonds is 16. The zero-order valence-corrected chi connectivity index (χ0v) is 19.8. The molecule has 0 aliphatic rings. The van der Waals surface area contributed by atoms with Crippen LogP contribution in [0.25, 0.3) is 0 Å². The Balaban J connectivity index is 2.96. The van der Waals surface area contributed by atoms with Gasteiger partial charge in [-0.25, -0.2) is 9.78 Å². The van der Waals surface area contributed by atoms with Gasteiger partial charge in [0.25, 0.3) is 0 Å². The third-order valence-electron chi connectivity index (χ3n) is 4.63. The van der Waals surface area contributed by atoms with Gasteiger partial charge in [0.2, 0.25) is 29.5 Å². The molecule has 0 aliphatic carbocycles. The van der Waals surface area contributed by atoms with Gasteiger partial charge in [-0.15, -0.1) is 0 Å². The van der Waals surface area contributed by atoms with E-state index in [-0.39, 0.29) is 12.8 Å². The standard InChI is InChI=1S/C19H30N8O7S/c1-35-3-2-11(17(31)27-13(19(33)34)4-9-7-23-8-24-9)25-18(32)12(6-15(22)29)26-16(30)10(20)5-14(21)28/h7-8,10-13H,2-6,20H2,1H3,(H2,21,28)(H2,22,29)(H,23,24)(H,25,32)(H,26,30)(H,27,31)(H,33,34). The van der Waals surface area contributed by atoms with Gasteiger partial charge < -0.3 is 43.2 Å². The summed E-state index contributed by atoms with van der Waals surface area (Å²) in [7, 11) is 0. The lowest BCUT2D eigenvalue weighted by Crippen LogP contribution is -2.58. The van der Waals surface area contributed by atoms with E-state index in [9.17, 15) is 33.9 Å². The molecule has 1 aromatic heterocycles. The topological polar surface area (TPSA) is 265 Å². The molecule has 0 aliphatic heterocycles. The molecule has 0 saturated carbocycles. The minimum atomic E-state index is -1.50. The highest BCUT2D eigenvalue weighted by Gasteiger charge is 2.31. The molecule has 1 aromatic rings. The van der Waals surface area contributed by atoms with Crippen molar-refractivity contribution in [1.29, 1.82) is 0 Å². The maximum atomic E-state index is 12.8. The summed E-state index contributed by atoms with van der Waals surface area (Å²) in [6.07, 6.45) is 3.47. The maximum Gasteiger partial charge on any atom is 0.326 e. The lowest BCUT2D eigenvalue weighted by Gasteiger charge is -2.24. The smallest absolute Gasteiger partial charge is 0.326 e. The Labute approximate surface area is 204 Å². The van der Waals surface area contributed by atoms with E-state index in [0.717, 1.165) is 0 Å². The second-order valence-electron chi connectivity index (χ2n) is 7.53. The molecule has 194 valence electrons. The number of nitrogens with two attached hydrogens (primary N) is 3. The van der Waals surface area contributed by atoms with Crippen molar-refractivity contribution in [3.8, 4) is 0 Å². The van der Waals surface area contributed by atoms with E-state index in [4.69, 9.17) is 17.2 Å². The molecule has 4 atom stereocenters. The van der Waals surface area contributed by atoms with Gasteiger partial charge in [0.05, 0.1) is 25.2 Å². The fraction of sp³-hybridized carbons (Fsp3) is 0.526. The monoisotopic (exact) mass is 514 g/mol. The van der Waals surface area contributed by atoms with E-state index < -0.39 is 72.5 Å². The molecule has 5 amide bonds. The number of hydrogen-bond acceptors (Lipinski definition) is 9. The predicted molar refractivity (Wildman–Crippen MR) is 124 cm³/mol. The number of primary amides is 2. The van der Waals surface area contributed by atoms with Gasteiger partial charge in [-0.1, -0.05) is 0 Å². The van der Waals surface area contributed by atoms with Crippen LogP contribution in [-0.2, 0) is 35.2 Å². The van der Waals surface area contributed by atoms with Gasteiger partial charge in [-0.3, -0.25) is 24.0 Å². The molecular formula is C19H30N8O7S. The van der Waals surface area contributed by atoms with Crippen molar-refractivity contribution in [2.45, 2.75) is 49.9 Å². The van der Waals surface area contributed by atoms with Crippen LogP contribution in [0.5, 0.6) is 0 Å². The van der Waals surface area contributed by atoms with Gasteiger partial charge in [0.1, 0.15) is 18.1 Å². The molecule has 15 nitrogen and oxygen atoms in total. The Hall–Kier alpha value is -3.66. The third-order valence-corrected chi connectivity index (χ3v) is 5.28. The van der Waals surface area contributed by atoms with Crippen LogP contribution in [0.4, 0.5) is 0 Å². The number of aliphatic carboxylic acids is 1. The highest BCUT2D eigenvalue weighted by molar-refractivity contribution is 7.98. The number of carboxylic acid groups (broad SMARTS) is 1. The molecule has 16 heteroatoms. The van der Waals surface area contributed by atoms with E-state index >= 15 is 0 Å². The van der Waals surface area contributed by atoms with Crippen LogP contribution in [0.3, 0.4) is 0 Å². The van der Waals surface area contributed by atoms with Gasteiger partial charge >= 0.3 is 5.97 Å². The van der Waals surface area contributed by atoms with Crippen molar-refractivity contribution in [2.24, 2.45) is 17.2 Å². The second kappa shape index (κ2) is 14.6. The molecule has 0 aromatic carbocycles. The van der Waals surface area contributed by atoms with Crippen LogP contribution in [0.2, 0.25) is 0 Å². The molecule has 0 radical (unpaired) electrons. The predicted octanol–water partition coefficient (Wildman–Crippen LogP) is -3.68. The van der Waals surface area contributed by atoms with Crippen LogP contribution in [0.1, 0.15) is 25.0 Å². The summed E-state index contributed by atoms with van der Waals surface area (Å²) in [6.45, 7) is 0. The molecule has 0 fully saturated rings. The summed E-state index contributed by atoms with van der Waals surface area (Å²) in [4.78, 5) is 78.5. The van der Waals surface area contributed by atoms with E-state index in [1.54, 1.807) is 6.26 Å². The number of nitrogens with zero attached hydrogens (tertiary/aromatic N) is 1. The first-order chi connectivity index (χ1) is 16.4. The van der Waals surface area contributed by atoms with Gasteiger partial charge in [-0.05, 0) is 18.4 Å². The van der Waals surface area contributed by atoms with Crippen molar-refractivity contribution < 1.29 is 33.9 Å². The second-order valence-corrected chi connectivity index (χ2v) is 8.52. The van der Waals surface area contributed by atoms with Gasteiger partial charge in [0.15, 0.2) is 0 Å². The number of hydrogen-bond donors (Lipinski definition) is 8. The van der Waals surface area contributed by atoms with Crippen LogP contribution < -0.4 is 33.2 Å². The fourth-order valence-electron chi connectivity index (χ4n) is 2.86. The maximum absolute atomic E-state index is 12.8. The Morgan fingerprint density at radius 1 is 0.971 bits per heavy atom. The minimum Gasteiger partial charge on any atom is -0.480 e. The summed E-state index contributed by atoms with van der Waals surface area (Å²) >= 11 is 1.38. The Morgan fingerprint density at radius 3 is 2.06 bits per heavy atom. The number of carbonyl (C=O) groups is 6. The van der Waals surface area contributed by atoms with Crippen LogP contribution >= 0.6 is 11.8 Å². The zero-order chi connectivity index (χ0) is 26.5. The molecule has 11 N–H and O–H groups in total. The highest BCUT2D eigenvalue weighted by Crippen LogP contribution is 2.06. The highest BCUT2D eigenvalue weighted by atomic mass is 32.2. The van der Waals surface area contributed by atoms with Gasteiger partial charge in [0, 0.05) is 18.3 Å². The van der Waals surface area contributed by atoms with Crippen LogP contribution in [-0.4, -0.2) is 86.8 Å². The number of nitrogens with one attached hydrogen (secondary N) is 4. The molecule has 1 rings (SSSR count). The Kier molecular flexibility index (Phi) is 12.2. The first-order valence-electron chi connectivity index (χ1n) is 10.4. The number of aromatic nitrogens is 2. The SMILES string of the molecule is CSCCC(NC(=O)C(CC(N)=O)NC(=O)C(N)CC(N)=O)C(=O)NC(Cc1cnc[nH]1)C(=O)O. The molecular weight excluding hydrogens is 484 g/mol.